The quantitative estimate of drug-likeness (QED) is 0.391. The molecule has 0 unspecified atom stereocenters. The van der Waals surface area contributed by atoms with Gasteiger partial charge in [-0.2, -0.15) is 0 Å². The molecule has 0 aliphatic rings. The fourth-order valence-electron chi connectivity index (χ4n) is 2.95. The second kappa shape index (κ2) is 8.79. The monoisotopic (exact) mass is 390 g/mol. The van der Waals surface area contributed by atoms with Crippen molar-refractivity contribution < 1.29 is 19.2 Å². The Labute approximate surface area is 167 Å². The van der Waals surface area contributed by atoms with E-state index in [1.807, 2.05) is 60.7 Å². The first-order chi connectivity index (χ1) is 14.0. The molecule has 0 radical (unpaired) electrons. The molecule has 1 N–H and O–H groups in total. The molecule has 7 heteroatoms. The number of nitrogens with zero attached hydrogens (tertiary/aromatic N) is 1. The number of carbonyl (C=O) groups excluding carboxylic acids is 2. The number of carbonyl (C=O) groups is 2. The van der Waals surface area contributed by atoms with Gasteiger partial charge in [-0.3, -0.25) is 14.9 Å². The highest BCUT2D eigenvalue weighted by atomic mass is 16.6. The summed E-state index contributed by atoms with van der Waals surface area (Å²) in [6.45, 7) is 0. The van der Waals surface area contributed by atoms with Crippen LogP contribution >= 0.6 is 0 Å². The number of nitro benzene ring substituents is 1. The van der Waals surface area contributed by atoms with Gasteiger partial charge in [0, 0.05) is 17.7 Å². The Morgan fingerprint density at radius 3 is 1.90 bits per heavy atom. The third kappa shape index (κ3) is 4.65. The summed E-state index contributed by atoms with van der Waals surface area (Å²) in [6, 6.07) is 21.7. The summed E-state index contributed by atoms with van der Waals surface area (Å²) in [5.74, 6) is -1.30. The van der Waals surface area contributed by atoms with E-state index in [1.54, 1.807) is 0 Å². The van der Waals surface area contributed by atoms with Crippen molar-refractivity contribution in [3.63, 3.8) is 0 Å². The van der Waals surface area contributed by atoms with Gasteiger partial charge in [0.2, 0.25) is 0 Å². The zero-order valence-corrected chi connectivity index (χ0v) is 15.6. The fourth-order valence-corrected chi connectivity index (χ4v) is 2.95. The number of non-ortho nitro benzene ring substituents is 1. The number of esters is 1. The lowest BCUT2D eigenvalue weighted by atomic mass is 9.98. The van der Waals surface area contributed by atoms with Gasteiger partial charge in [-0.15, -0.1) is 0 Å². The van der Waals surface area contributed by atoms with Crippen LogP contribution in [0.25, 0.3) is 0 Å². The number of nitrogens with one attached hydrogen (secondary N) is 1. The van der Waals surface area contributed by atoms with Crippen LogP contribution in [0.5, 0.6) is 0 Å². The minimum absolute atomic E-state index is 0.00328. The minimum Gasteiger partial charge on any atom is -0.465 e. The lowest BCUT2D eigenvalue weighted by molar-refractivity contribution is -0.384. The van der Waals surface area contributed by atoms with Crippen LogP contribution in [0.4, 0.5) is 5.69 Å². The van der Waals surface area contributed by atoms with Crippen LogP contribution in [0.15, 0.2) is 78.9 Å². The van der Waals surface area contributed by atoms with Crippen molar-refractivity contribution in [1.82, 2.24) is 5.32 Å². The zero-order valence-electron chi connectivity index (χ0n) is 15.6. The minimum atomic E-state index is -0.759. The third-order valence-electron chi connectivity index (χ3n) is 4.35. The fraction of sp³-hybridized carbons (Fsp3) is 0.0909. The average molecular weight is 390 g/mol. The number of hydrogen-bond acceptors (Lipinski definition) is 5. The van der Waals surface area contributed by atoms with Gasteiger partial charge < -0.3 is 10.1 Å². The number of ether oxygens (including phenoxy) is 1. The van der Waals surface area contributed by atoms with Crippen molar-refractivity contribution in [3.05, 3.63) is 111 Å². The van der Waals surface area contributed by atoms with Gasteiger partial charge in [0.1, 0.15) is 0 Å². The van der Waals surface area contributed by atoms with E-state index < -0.39 is 22.8 Å². The molecule has 0 aromatic heterocycles. The molecule has 29 heavy (non-hydrogen) atoms. The number of benzene rings is 3. The predicted molar refractivity (Wildman–Crippen MR) is 107 cm³/mol. The van der Waals surface area contributed by atoms with E-state index in [-0.39, 0.29) is 16.8 Å². The topological polar surface area (TPSA) is 98.5 Å². The van der Waals surface area contributed by atoms with Crippen molar-refractivity contribution in [3.8, 4) is 0 Å². The standard InChI is InChI=1S/C22H18N2O5/c1-29-22(26)18-12-17(13-19(14-18)24(27)28)21(25)23-20(15-8-4-2-5-9-15)16-10-6-3-7-11-16/h2-14,20H,1H3,(H,23,25). The van der Waals surface area contributed by atoms with E-state index in [0.717, 1.165) is 23.3 Å². The first-order valence-corrected chi connectivity index (χ1v) is 8.78. The molecule has 0 spiro atoms. The first kappa shape index (κ1) is 19.8. The summed E-state index contributed by atoms with van der Waals surface area (Å²) in [7, 11) is 1.17. The molecule has 0 aliphatic heterocycles. The van der Waals surface area contributed by atoms with Crippen LogP contribution in [0.1, 0.15) is 37.9 Å². The van der Waals surface area contributed by atoms with Crippen LogP contribution in [-0.2, 0) is 4.74 Å². The smallest absolute Gasteiger partial charge is 0.338 e. The largest absolute Gasteiger partial charge is 0.465 e. The van der Waals surface area contributed by atoms with Gasteiger partial charge in [-0.1, -0.05) is 60.7 Å². The Kier molecular flexibility index (Phi) is 5.99. The molecule has 3 aromatic rings. The van der Waals surface area contributed by atoms with Gasteiger partial charge in [-0.25, -0.2) is 4.79 Å². The maximum atomic E-state index is 13.0. The molecule has 146 valence electrons. The van der Waals surface area contributed by atoms with E-state index in [1.165, 1.54) is 13.2 Å². The Morgan fingerprint density at radius 2 is 1.41 bits per heavy atom. The van der Waals surface area contributed by atoms with Gasteiger partial charge in [0.15, 0.2) is 0 Å². The van der Waals surface area contributed by atoms with E-state index in [9.17, 15) is 19.7 Å². The Hall–Kier alpha value is -4.00. The van der Waals surface area contributed by atoms with Gasteiger partial charge in [0.05, 0.1) is 23.6 Å². The summed E-state index contributed by atoms with van der Waals surface area (Å²) >= 11 is 0. The third-order valence-corrected chi connectivity index (χ3v) is 4.35. The highest BCUT2D eigenvalue weighted by Crippen LogP contribution is 2.24. The van der Waals surface area contributed by atoms with Crippen molar-refractivity contribution in [2.45, 2.75) is 6.04 Å². The van der Waals surface area contributed by atoms with Gasteiger partial charge >= 0.3 is 5.97 Å². The molecular weight excluding hydrogens is 372 g/mol. The molecule has 0 atom stereocenters. The van der Waals surface area contributed by atoms with E-state index in [0.29, 0.717) is 0 Å². The number of nitro groups is 1. The number of hydrogen-bond donors (Lipinski definition) is 1. The molecule has 0 bridgehead atoms. The lowest BCUT2D eigenvalue weighted by Crippen LogP contribution is -2.29. The molecule has 0 saturated heterocycles. The summed E-state index contributed by atoms with van der Waals surface area (Å²) < 4.78 is 4.63. The van der Waals surface area contributed by atoms with Crippen LogP contribution in [0, 0.1) is 10.1 Å². The van der Waals surface area contributed by atoms with E-state index in [4.69, 9.17) is 0 Å². The van der Waals surface area contributed by atoms with E-state index >= 15 is 0 Å². The zero-order chi connectivity index (χ0) is 20.8. The van der Waals surface area contributed by atoms with Crippen LogP contribution in [0.2, 0.25) is 0 Å². The van der Waals surface area contributed by atoms with Gasteiger partial charge in [0.25, 0.3) is 11.6 Å². The molecule has 3 aromatic carbocycles. The normalized spacial score (nSPS) is 10.4. The predicted octanol–water partition coefficient (Wildman–Crippen LogP) is 3.90. The number of methoxy groups -OCH3 is 1. The second-order valence-corrected chi connectivity index (χ2v) is 6.25. The SMILES string of the molecule is COC(=O)c1cc(C(=O)NC(c2ccccc2)c2ccccc2)cc([N+](=O)[O-])c1. The molecule has 0 heterocycles. The molecule has 0 fully saturated rings. The van der Waals surface area contributed by atoms with E-state index in [2.05, 4.69) is 10.1 Å². The molecule has 3 rings (SSSR count). The Morgan fingerprint density at radius 1 is 0.897 bits per heavy atom. The maximum absolute atomic E-state index is 13.0. The number of rotatable bonds is 6. The molecule has 7 nitrogen and oxygen atoms in total. The maximum Gasteiger partial charge on any atom is 0.338 e. The van der Waals surface area contributed by atoms with Crippen LogP contribution < -0.4 is 5.32 Å². The van der Waals surface area contributed by atoms with Crippen LogP contribution in [-0.4, -0.2) is 23.9 Å². The molecule has 0 aliphatic carbocycles. The molecule has 0 saturated carbocycles. The van der Waals surface area contributed by atoms with Crippen molar-refractivity contribution in [1.29, 1.82) is 0 Å². The van der Waals surface area contributed by atoms with Crippen molar-refractivity contribution >= 4 is 17.6 Å². The van der Waals surface area contributed by atoms with Crippen molar-refractivity contribution in [2.75, 3.05) is 7.11 Å². The first-order valence-electron chi connectivity index (χ1n) is 8.78. The second-order valence-electron chi connectivity index (χ2n) is 6.25. The summed E-state index contributed by atoms with van der Waals surface area (Å²) in [4.78, 5) is 35.4. The Bertz CT molecular complexity index is 996. The summed E-state index contributed by atoms with van der Waals surface area (Å²) in [5, 5.41) is 14.1. The highest BCUT2D eigenvalue weighted by molar-refractivity contribution is 5.99. The van der Waals surface area contributed by atoms with Gasteiger partial charge in [-0.05, 0) is 17.2 Å². The Balaban J connectivity index is 1.99. The summed E-state index contributed by atoms with van der Waals surface area (Å²) in [5.41, 5.74) is 1.27. The molecule has 1 amide bonds. The summed E-state index contributed by atoms with van der Waals surface area (Å²) in [6.07, 6.45) is 0. The average Bonchev–Trinajstić information content (AvgIpc) is 2.77. The van der Waals surface area contributed by atoms with Crippen LogP contribution in [0.3, 0.4) is 0 Å². The lowest BCUT2D eigenvalue weighted by Gasteiger charge is -2.20. The number of amides is 1. The highest BCUT2D eigenvalue weighted by Gasteiger charge is 2.22. The van der Waals surface area contributed by atoms with Crippen molar-refractivity contribution in [2.24, 2.45) is 0 Å². The molecular formula is C22H18N2O5.